The first-order chi connectivity index (χ1) is 14.7. The van der Waals surface area contributed by atoms with E-state index in [1.54, 1.807) is 0 Å². The number of nitrogens with two attached hydrogens (primary N) is 1. The van der Waals surface area contributed by atoms with Gasteiger partial charge in [-0.25, -0.2) is 0 Å². The van der Waals surface area contributed by atoms with Gasteiger partial charge in [0.1, 0.15) is 0 Å². The van der Waals surface area contributed by atoms with Crippen molar-refractivity contribution in [1.82, 2.24) is 9.97 Å². The average molecular weight is 389 g/mol. The number of H-pyrrole nitrogens is 2. The lowest BCUT2D eigenvalue weighted by atomic mass is 9.89. The van der Waals surface area contributed by atoms with Crippen molar-refractivity contribution >= 4 is 49.5 Å². The van der Waals surface area contributed by atoms with Gasteiger partial charge in [-0.15, -0.1) is 0 Å². The van der Waals surface area contributed by atoms with Crippen LogP contribution in [0.3, 0.4) is 0 Å². The van der Waals surface area contributed by atoms with Crippen molar-refractivity contribution < 1.29 is 4.79 Å². The third-order valence-corrected chi connectivity index (χ3v) is 6.01. The van der Waals surface area contributed by atoms with Crippen LogP contribution >= 0.6 is 0 Å². The summed E-state index contributed by atoms with van der Waals surface area (Å²) >= 11 is 0. The van der Waals surface area contributed by atoms with E-state index in [-0.39, 0.29) is 5.91 Å². The molecule has 0 spiro atoms. The number of aromatic amines is 2. The Kier molecular flexibility index (Phi) is 3.50. The van der Waals surface area contributed by atoms with E-state index in [1.807, 2.05) is 48.5 Å². The number of para-hydroxylation sites is 2. The van der Waals surface area contributed by atoms with Crippen molar-refractivity contribution in [3.63, 3.8) is 0 Å². The highest BCUT2D eigenvalue weighted by Gasteiger charge is 2.22. The van der Waals surface area contributed by atoms with Gasteiger partial charge in [0, 0.05) is 43.6 Å². The zero-order valence-corrected chi connectivity index (χ0v) is 16.1. The summed E-state index contributed by atoms with van der Waals surface area (Å²) < 4.78 is 0. The van der Waals surface area contributed by atoms with E-state index in [1.165, 1.54) is 0 Å². The minimum atomic E-state index is -0.513. The molecule has 1 amide bonds. The fourth-order valence-electron chi connectivity index (χ4n) is 4.61. The Bertz CT molecular complexity index is 1470. The van der Waals surface area contributed by atoms with Gasteiger partial charge in [-0.05, 0) is 47.5 Å². The highest BCUT2D eigenvalue weighted by atomic mass is 16.1. The van der Waals surface area contributed by atoms with E-state index in [9.17, 15) is 4.79 Å². The second kappa shape index (κ2) is 6.22. The number of nitrogens with one attached hydrogen (secondary N) is 2. The van der Waals surface area contributed by atoms with Crippen LogP contribution in [0.2, 0.25) is 0 Å². The average Bonchev–Trinajstić information content (AvgIpc) is 3.31. The summed E-state index contributed by atoms with van der Waals surface area (Å²) in [5.74, 6) is -0.866. The van der Waals surface area contributed by atoms with Crippen LogP contribution in [-0.2, 0) is 4.79 Å². The minimum Gasteiger partial charge on any atom is -0.369 e. The van der Waals surface area contributed by atoms with Gasteiger partial charge in [-0.2, -0.15) is 0 Å². The Labute approximate surface area is 172 Å². The zero-order valence-electron chi connectivity index (χ0n) is 16.1. The van der Waals surface area contributed by atoms with E-state index < -0.39 is 5.92 Å². The highest BCUT2D eigenvalue weighted by molar-refractivity contribution is 6.09. The number of carbonyl (C=O) groups is 1. The van der Waals surface area contributed by atoms with Crippen LogP contribution in [0.25, 0.3) is 43.6 Å². The summed E-state index contributed by atoms with van der Waals surface area (Å²) in [7, 11) is 0. The Hall–Kier alpha value is -4.05. The maximum Gasteiger partial charge on any atom is 0.229 e. The van der Waals surface area contributed by atoms with Crippen molar-refractivity contribution in [2.24, 2.45) is 5.73 Å². The van der Waals surface area contributed by atoms with Crippen molar-refractivity contribution in [3.05, 3.63) is 96.1 Å². The lowest BCUT2D eigenvalue weighted by Crippen LogP contribution is -2.22. The number of fused-ring (bicyclic) bond motifs is 6. The van der Waals surface area contributed by atoms with Crippen LogP contribution in [0, 0.1) is 0 Å². The molecule has 0 aliphatic carbocycles. The predicted octanol–water partition coefficient (Wildman–Crippen LogP) is 5.57. The summed E-state index contributed by atoms with van der Waals surface area (Å²) in [6.45, 7) is 0. The van der Waals surface area contributed by atoms with Crippen molar-refractivity contribution in [2.45, 2.75) is 5.92 Å². The molecule has 0 atom stereocenters. The molecule has 2 aromatic heterocycles. The molecule has 0 aliphatic rings. The Balaban J connectivity index is 1.56. The first-order valence-corrected chi connectivity index (χ1v) is 9.99. The molecular formula is C26H19N3O. The van der Waals surface area contributed by atoms with Crippen LogP contribution in [0.4, 0.5) is 0 Å². The molecule has 4 heteroatoms. The van der Waals surface area contributed by atoms with E-state index in [2.05, 4.69) is 46.4 Å². The summed E-state index contributed by atoms with van der Waals surface area (Å²) in [5, 5.41) is 4.49. The summed E-state index contributed by atoms with van der Waals surface area (Å²) in [5.41, 5.74) is 12.0. The normalized spacial score (nSPS) is 11.9. The first-order valence-electron chi connectivity index (χ1n) is 9.99. The lowest BCUT2D eigenvalue weighted by Gasteiger charge is -2.15. The quantitative estimate of drug-likeness (QED) is 0.363. The Morgan fingerprint density at radius 1 is 0.600 bits per heavy atom. The number of hydrogen-bond acceptors (Lipinski definition) is 1. The number of carbonyl (C=O) groups excluding carboxylic acids is 1. The largest absolute Gasteiger partial charge is 0.369 e. The molecule has 144 valence electrons. The molecule has 0 saturated heterocycles. The molecular weight excluding hydrogens is 370 g/mol. The molecule has 2 heterocycles. The number of primary amides is 1. The topological polar surface area (TPSA) is 74.7 Å². The van der Waals surface area contributed by atoms with Crippen LogP contribution in [0.15, 0.2) is 84.9 Å². The van der Waals surface area contributed by atoms with Gasteiger partial charge in [0.2, 0.25) is 5.91 Å². The number of amides is 1. The highest BCUT2D eigenvalue weighted by Crippen LogP contribution is 2.34. The first kappa shape index (κ1) is 16.9. The van der Waals surface area contributed by atoms with E-state index in [0.717, 1.165) is 54.7 Å². The van der Waals surface area contributed by atoms with Crippen molar-refractivity contribution in [2.75, 3.05) is 0 Å². The van der Waals surface area contributed by atoms with Crippen LogP contribution in [0.1, 0.15) is 17.0 Å². The second-order valence-electron chi connectivity index (χ2n) is 7.79. The fourth-order valence-corrected chi connectivity index (χ4v) is 4.61. The maximum absolute atomic E-state index is 12.6. The van der Waals surface area contributed by atoms with Gasteiger partial charge in [0.05, 0.1) is 5.92 Å². The monoisotopic (exact) mass is 389 g/mol. The maximum atomic E-state index is 12.6. The van der Waals surface area contributed by atoms with Gasteiger partial charge >= 0.3 is 0 Å². The molecule has 0 radical (unpaired) electrons. The third-order valence-electron chi connectivity index (χ3n) is 6.01. The van der Waals surface area contributed by atoms with Crippen molar-refractivity contribution in [3.8, 4) is 0 Å². The molecule has 0 fully saturated rings. The third kappa shape index (κ3) is 2.44. The molecule has 6 aromatic rings. The molecule has 0 aliphatic heterocycles. The number of rotatable bonds is 3. The van der Waals surface area contributed by atoms with E-state index >= 15 is 0 Å². The number of benzene rings is 4. The summed E-state index contributed by atoms with van der Waals surface area (Å²) in [6, 6.07) is 28.6. The van der Waals surface area contributed by atoms with Crippen LogP contribution in [-0.4, -0.2) is 15.9 Å². The molecule has 0 unspecified atom stereocenters. The molecule has 0 bridgehead atoms. The van der Waals surface area contributed by atoms with E-state index in [0.29, 0.717) is 0 Å². The summed E-state index contributed by atoms with van der Waals surface area (Å²) in [4.78, 5) is 19.5. The van der Waals surface area contributed by atoms with Gasteiger partial charge in [-0.3, -0.25) is 4.79 Å². The molecule has 0 saturated carbocycles. The van der Waals surface area contributed by atoms with Gasteiger partial charge in [0.15, 0.2) is 0 Å². The van der Waals surface area contributed by atoms with Crippen LogP contribution in [0.5, 0.6) is 0 Å². The fraction of sp³-hybridized carbons (Fsp3) is 0.0385. The number of hydrogen-bond donors (Lipinski definition) is 3. The number of aromatic nitrogens is 2. The zero-order chi connectivity index (χ0) is 20.2. The van der Waals surface area contributed by atoms with Gasteiger partial charge < -0.3 is 15.7 Å². The van der Waals surface area contributed by atoms with Gasteiger partial charge in [0.25, 0.3) is 0 Å². The van der Waals surface area contributed by atoms with E-state index in [4.69, 9.17) is 5.73 Å². The molecule has 4 aromatic carbocycles. The predicted molar refractivity (Wildman–Crippen MR) is 123 cm³/mol. The molecule has 4 N–H and O–H groups in total. The standard InChI is InChI=1S/C26H19N3O/c27-26(30)25(15-9-11-23-19(13-15)17-5-1-3-7-21(17)28-23)16-10-12-24-20(14-16)18-6-2-4-8-22(18)29-24/h1-14,25,28-29H,(H2,27,30). The second-order valence-corrected chi connectivity index (χ2v) is 7.79. The lowest BCUT2D eigenvalue weighted by molar-refractivity contribution is -0.118. The molecule has 30 heavy (non-hydrogen) atoms. The van der Waals surface area contributed by atoms with Crippen LogP contribution < -0.4 is 5.73 Å². The Morgan fingerprint density at radius 2 is 1.03 bits per heavy atom. The smallest absolute Gasteiger partial charge is 0.229 e. The SMILES string of the molecule is NC(=O)C(c1ccc2[nH]c3ccccc3c2c1)c1ccc2[nH]c3ccccc3c2c1. The van der Waals surface area contributed by atoms with Crippen molar-refractivity contribution in [1.29, 1.82) is 0 Å². The molecule has 4 nitrogen and oxygen atoms in total. The summed E-state index contributed by atoms with van der Waals surface area (Å²) in [6.07, 6.45) is 0. The van der Waals surface area contributed by atoms with Gasteiger partial charge in [-0.1, -0.05) is 48.5 Å². The molecule has 6 rings (SSSR count). The Morgan fingerprint density at radius 3 is 1.50 bits per heavy atom. The minimum absolute atomic E-state index is 0.353.